The van der Waals surface area contributed by atoms with E-state index in [9.17, 15) is 4.39 Å². The molecule has 110 valence electrons. The van der Waals surface area contributed by atoms with Crippen LogP contribution < -0.4 is 4.90 Å². The maximum atomic E-state index is 13.4. The third kappa shape index (κ3) is 2.88. The summed E-state index contributed by atoms with van der Waals surface area (Å²) in [6.45, 7) is 4.61. The van der Waals surface area contributed by atoms with Crippen molar-refractivity contribution in [2.24, 2.45) is 0 Å². The summed E-state index contributed by atoms with van der Waals surface area (Å²) in [5, 5.41) is 0. The van der Waals surface area contributed by atoms with Crippen molar-refractivity contribution < 1.29 is 4.39 Å². The minimum atomic E-state index is -0.245. The number of likely N-dealkylation sites (N-methyl/N-ethyl adjacent to an activating group) is 1. The molecular weight excluding hydrogens is 267 g/mol. The number of hydrogen-bond donors (Lipinski definition) is 0. The fourth-order valence-corrected chi connectivity index (χ4v) is 2.66. The number of nitrogens with zero attached hydrogens (tertiary/aromatic N) is 4. The maximum absolute atomic E-state index is 13.4. The lowest BCUT2D eigenvalue weighted by molar-refractivity contribution is 0.309. The van der Waals surface area contributed by atoms with E-state index in [0.29, 0.717) is 12.5 Å². The number of rotatable bonds is 3. The molecule has 0 aliphatic carbocycles. The van der Waals surface area contributed by atoms with Gasteiger partial charge in [0, 0.05) is 43.5 Å². The summed E-state index contributed by atoms with van der Waals surface area (Å²) in [6, 6.07) is 6.55. The molecule has 2 heterocycles. The second-order valence-electron chi connectivity index (χ2n) is 5.35. The third-order valence-electron chi connectivity index (χ3n) is 3.79. The van der Waals surface area contributed by atoms with Gasteiger partial charge in [-0.15, -0.1) is 0 Å². The van der Waals surface area contributed by atoms with E-state index in [1.54, 1.807) is 6.07 Å². The van der Waals surface area contributed by atoms with E-state index in [1.165, 1.54) is 17.7 Å². The fraction of sp³-hybridized carbons (Fsp3) is 0.375. The highest BCUT2D eigenvalue weighted by atomic mass is 19.1. The first-order valence-electron chi connectivity index (χ1n) is 7.24. The smallest absolute Gasteiger partial charge is 0.230 e. The van der Waals surface area contributed by atoms with E-state index in [1.807, 2.05) is 24.1 Å². The first-order chi connectivity index (χ1) is 10.2. The molecule has 1 aliphatic rings. The minimum absolute atomic E-state index is 0.245. The molecule has 0 fully saturated rings. The molecule has 5 heteroatoms. The van der Waals surface area contributed by atoms with E-state index < -0.39 is 0 Å². The van der Waals surface area contributed by atoms with Gasteiger partial charge in [-0.25, -0.2) is 14.4 Å². The lowest BCUT2D eigenvalue weighted by atomic mass is 10.1. The molecule has 3 rings (SSSR count). The highest BCUT2D eigenvalue weighted by Crippen LogP contribution is 2.24. The van der Waals surface area contributed by atoms with Crippen molar-refractivity contribution in [3.8, 4) is 0 Å². The van der Waals surface area contributed by atoms with E-state index in [4.69, 9.17) is 4.98 Å². The van der Waals surface area contributed by atoms with Crippen molar-refractivity contribution in [1.29, 1.82) is 0 Å². The SMILES string of the molecule is CCN(c1cccc(F)c1)c1ncc2c(n1)CCN(C)C2. The summed E-state index contributed by atoms with van der Waals surface area (Å²) in [4.78, 5) is 13.4. The van der Waals surface area contributed by atoms with Gasteiger partial charge in [-0.2, -0.15) is 0 Å². The molecule has 0 saturated carbocycles. The number of fused-ring (bicyclic) bond motifs is 1. The van der Waals surface area contributed by atoms with Crippen LogP contribution in [0.5, 0.6) is 0 Å². The second-order valence-corrected chi connectivity index (χ2v) is 5.35. The highest BCUT2D eigenvalue weighted by molar-refractivity contribution is 5.57. The third-order valence-corrected chi connectivity index (χ3v) is 3.79. The molecule has 0 unspecified atom stereocenters. The van der Waals surface area contributed by atoms with Crippen LogP contribution in [0.15, 0.2) is 30.5 Å². The summed E-state index contributed by atoms with van der Waals surface area (Å²) >= 11 is 0. The number of halogens is 1. The molecule has 1 aromatic heterocycles. The Morgan fingerprint density at radius 3 is 3.00 bits per heavy atom. The van der Waals surface area contributed by atoms with Gasteiger partial charge in [-0.3, -0.25) is 0 Å². The van der Waals surface area contributed by atoms with Crippen LogP contribution in [-0.4, -0.2) is 35.0 Å². The molecule has 0 spiro atoms. The molecule has 21 heavy (non-hydrogen) atoms. The Hall–Kier alpha value is -2.01. The average Bonchev–Trinajstić information content (AvgIpc) is 2.48. The van der Waals surface area contributed by atoms with Crippen LogP contribution in [0.2, 0.25) is 0 Å². The Bertz CT molecular complexity index is 644. The summed E-state index contributed by atoms with van der Waals surface area (Å²) in [6.07, 6.45) is 2.83. The Kier molecular flexibility index (Phi) is 3.84. The van der Waals surface area contributed by atoms with Gasteiger partial charge in [0.2, 0.25) is 5.95 Å². The summed E-state index contributed by atoms with van der Waals surface area (Å²) < 4.78 is 13.4. The molecule has 1 aromatic carbocycles. The lowest BCUT2D eigenvalue weighted by Gasteiger charge is -2.26. The summed E-state index contributed by atoms with van der Waals surface area (Å²) in [7, 11) is 2.10. The number of aromatic nitrogens is 2. The van der Waals surface area contributed by atoms with Gasteiger partial charge in [0.05, 0.1) is 5.69 Å². The monoisotopic (exact) mass is 286 g/mol. The Morgan fingerprint density at radius 1 is 1.38 bits per heavy atom. The van der Waals surface area contributed by atoms with Crippen LogP contribution in [0.3, 0.4) is 0 Å². The van der Waals surface area contributed by atoms with E-state index in [-0.39, 0.29) is 5.82 Å². The van der Waals surface area contributed by atoms with Crippen LogP contribution in [0.1, 0.15) is 18.2 Å². The van der Waals surface area contributed by atoms with Gasteiger partial charge < -0.3 is 9.80 Å². The normalized spacial score (nSPS) is 14.8. The molecular formula is C16H19FN4. The van der Waals surface area contributed by atoms with Crippen molar-refractivity contribution in [1.82, 2.24) is 14.9 Å². The molecule has 2 aromatic rings. The van der Waals surface area contributed by atoms with Gasteiger partial charge in [0.25, 0.3) is 0 Å². The second kappa shape index (κ2) is 5.77. The van der Waals surface area contributed by atoms with Crippen LogP contribution in [-0.2, 0) is 13.0 Å². The molecule has 1 aliphatic heterocycles. The van der Waals surface area contributed by atoms with Gasteiger partial charge in [0.1, 0.15) is 5.82 Å². The fourth-order valence-electron chi connectivity index (χ4n) is 2.66. The number of hydrogen-bond acceptors (Lipinski definition) is 4. The molecule has 0 atom stereocenters. The lowest BCUT2D eigenvalue weighted by Crippen LogP contribution is -2.28. The molecule has 4 nitrogen and oxygen atoms in total. The Morgan fingerprint density at radius 2 is 2.24 bits per heavy atom. The molecule has 0 radical (unpaired) electrons. The minimum Gasteiger partial charge on any atom is -0.311 e. The van der Waals surface area contributed by atoms with Crippen molar-refractivity contribution in [2.45, 2.75) is 19.9 Å². The molecule has 0 amide bonds. The van der Waals surface area contributed by atoms with E-state index in [0.717, 1.165) is 30.9 Å². The number of benzene rings is 1. The zero-order valence-corrected chi connectivity index (χ0v) is 12.4. The first-order valence-corrected chi connectivity index (χ1v) is 7.24. The van der Waals surface area contributed by atoms with Crippen LogP contribution >= 0.6 is 0 Å². The predicted molar refractivity (Wildman–Crippen MR) is 81.2 cm³/mol. The zero-order valence-electron chi connectivity index (χ0n) is 12.4. The van der Waals surface area contributed by atoms with Crippen LogP contribution in [0.25, 0.3) is 0 Å². The van der Waals surface area contributed by atoms with Crippen molar-refractivity contribution in [3.63, 3.8) is 0 Å². The zero-order chi connectivity index (χ0) is 14.8. The summed E-state index contributed by atoms with van der Waals surface area (Å²) in [5.74, 6) is 0.400. The van der Waals surface area contributed by atoms with Gasteiger partial charge >= 0.3 is 0 Å². The first kappa shape index (κ1) is 13.9. The highest BCUT2D eigenvalue weighted by Gasteiger charge is 2.18. The summed E-state index contributed by atoms with van der Waals surface area (Å²) in [5.41, 5.74) is 3.07. The maximum Gasteiger partial charge on any atom is 0.230 e. The van der Waals surface area contributed by atoms with E-state index in [2.05, 4.69) is 16.9 Å². The molecule has 0 N–H and O–H groups in total. The molecule has 0 bridgehead atoms. The van der Waals surface area contributed by atoms with Gasteiger partial charge in [-0.05, 0) is 32.2 Å². The average molecular weight is 286 g/mol. The Labute approximate surface area is 124 Å². The quantitative estimate of drug-likeness (QED) is 0.868. The van der Waals surface area contributed by atoms with Crippen LogP contribution in [0.4, 0.5) is 16.0 Å². The Balaban J connectivity index is 1.95. The van der Waals surface area contributed by atoms with Crippen LogP contribution in [0, 0.1) is 5.82 Å². The predicted octanol–water partition coefficient (Wildman–Crippen LogP) is 2.76. The van der Waals surface area contributed by atoms with E-state index >= 15 is 0 Å². The largest absolute Gasteiger partial charge is 0.311 e. The standard InChI is InChI=1S/C16H19FN4/c1-3-21(14-6-4-5-13(17)9-14)16-18-10-12-11-20(2)8-7-15(12)19-16/h4-6,9-10H,3,7-8,11H2,1-2H3. The van der Waals surface area contributed by atoms with Crippen molar-refractivity contribution in [2.75, 3.05) is 25.0 Å². The topological polar surface area (TPSA) is 32.3 Å². The van der Waals surface area contributed by atoms with Crippen molar-refractivity contribution in [3.05, 3.63) is 47.5 Å². The number of anilines is 2. The van der Waals surface area contributed by atoms with Gasteiger partial charge in [0.15, 0.2) is 0 Å². The van der Waals surface area contributed by atoms with Crippen molar-refractivity contribution >= 4 is 11.6 Å². The molecule has 0 saturated heterocycles. The van der Waals surface area contributed by atoms with Gasteiger partial charge in [-0.1, -0.05) is 6.07 Å².